The molecule has 3 aromatic rings. The van der Waals surface area contributed by atoms with Gasteiger partial charge < -0.3 is 4.74 Å². The average molecular weight is 276 g/mol. The van der Waals surface area contributed by atoms with Crippen molar-refractivity contribution in [2.24, 2.45) is 0 Å². The summed E-state index contributed by atoms with van der Waals surface area (Å²) >= 11 is 0. The van der Waals surface area contributed by atoms with Gasteiger partial charge >= 0.3 is 0 Å². The van der Waals surface area contributed by atoms with Gasteiger partial charge in [-0.1, -0.05) is 30.3 Å². The molecule has 104 valence electrons. The molecule has 2 heterocycles. The highest BCUT2D eigenvalue weighted by atomic mass is 16.5. The first-order valence-electron chi connectivity index (χ1n) is 7.17. The van der Waals surface area contributed by atoms with Gasteiger partial charge in [-0.05, 0) is 42.7 Å². The summed E-state index contributed by atoms with van der Waals surface area (Å²) in [6.45, 7) is 0. The molecule has 4 rings (SSSR count). The van der Waals surface area contributed by atoms with E-state index >= 15 is 0 Å². The standard InChI is InChI=1S/C18H16N2O/c1-21-16-9-10-18-14(11-16)7-8-15-12-17(19-20(15)18)13-5-3-2-4-6-13/h2-6,9-12H,7-8H2,1H3. The van der Waals surface area contributed by atoms with Crippen LogP contribution < -0.4 is 4.74 Å². The predicted octanol–water partition coefficient (Wildman–Crippen LogP) is 3.65. The molecule has 3 nitrogen and oxygen atoms in total. The summed E-state index contributed by atoms with van der Waals surface area (Å²) in [6, 6.07) is 18.7. The molecule has 1 aliphatic rings. The summed E-state index contributed by atoms with van der Waals surface area (Å²) in [5.74, 6) is 0.910. The molecule has 0 saturated heterocycles. The van der Waals surface area contributed by atoms with Crippen LogP contribution in [-0.2, 0) is 12.8 Å². The number of aromatic nitrogens is 2. The van der Waals surface area contributed by atoms with E-state index in [9.17, 15) is 0 Å². The lowest BCUT2D eigenvalue weighted by Crippen LogP contribution is -2.12. The lowest BCUT2D eigenvalue weighted by atomic mass is 10.0. The van der Waals surface area contributed by atoms with Crippen LogP contribution in [0.4, 0.5) is 0 Å². The van der Waals surface area contributed by atoms with Crippen LogP contribution in [0.5, 0.6) is 5.75 Å². The number of fused-ring (bicyclic) bond motifs is 3. The minimum Gasteiger partial charge on any atom is -0.497 e. The largest absolute Gasteiger partial charge is 0.497 e. The van der Waals surface area contributed by atoms with Crippen LogP contribution in [0.3, 0.4) is 0 Å². The second-order valence-electron chi connectivity index (χ2n) is 5.29. The maximum atomic E-state index is 5.31. The molecule has 2 aromatic carbocycles. The minimum absolute atomic E-state index is 0.910. The summed E-state index contributed by atoms with van der Waals surface area (Å²) in [7, 11) is 1.71. The first-order valence-corrected chi connectivity index (χ1v) is 7.17. The molecule has 3 heteroatoms. The summed E-state index contributed by atoms with van der Waals surface area (Å²) < 4.78 is 7.38. The number of methoxy groups -OCH3 is 1. The number of rotatable bonds is 2. The van der Waals surface area contributed by atoms with Crippen molar-refractivity contribution in [3.63, 3.8) is 0 Å². The molecule has 21 heavy (non-hydrogen) atoms. The molecule has 0 atom stereocenters. The Morgan fingerprint density at radius 2 is 1.86 bits per heavy atom. The molecular weight excluding hydrogens is 260 g/mol. The van der Waals surface area contributed by atoms with E-state index in [0.29, 0.717) is 0 Å². The van der Waals surface area contributed by atoms with Crippen molar-refractivity contribution >= 4 is 0 Å². The summed E-state index contributed by atoms with van der Waals surface area (Å²) in [4.78, 5) is 0. The Kier molecular flexibility index (Phi) is 2.78. The smallest absolute Gasteiger partial charge is 0.119 e. The summed E-state index contributed by atoms with van der Waals surface area (Å²) in [6.07, 6.45) is 2.05. The highest BCUT2D eigenvalue weighted by Crippen LogP contribution is 2.30. The second-order valence-corrected chi connectivity index (χ2v) is 5.29. The van der Waals surface area contributed by atoms with E-state index in [1.165, 1.54) is 16.9 Å². The van der Waals surface area contributed by atoms with E-state index < -0.39 is 0 Å². The van der Waals surface area contributed by atoms with Crippen molar-refractivity contribution in [3.8, 4) is 22.7 Å². The minimum atomic E-state index is 0.910. The molecule has 1 aliphatic heterocycles. The molecule has 0 radical (unpaired) electrons. The Hall–Kier alpha value is -2.55. The topological polar surface area (TPSA) is 27.1 Å². The van der Waals surface area contributed by atoms with E-state index in [2.05, 4.69) is 35.0 Å². The molecule has 0 spiro atoms. The number of hydrogen-bond donors (Lipinski definition) is 0. The number of ether oxygens (including phenoxy) is 1. The molecule has 0 amide bonds. The number of hydrogen-bond acceptors (Lipinski definition) is 2. The van der Waals surface area contributed by atoms with E-state index in [-0.39, 0.29) is 0 Å². The Morgan fingerprint density at radius 3 is 2.67 bits per heavy atom. The van der Waals surface area contributed by atoms with Gasteiger partial charge in [0.05, 0.1) is 18.5 Å². The van der Waals surface area contributed by atoms with Gasteiger partial charge in [0.25, 0.3) is 0 Å². The van der Waals surface area contributed by atoms with E-state index in [1.807, 2.05) is 24.3 Å². The number of nitrogens with zero attached hydrogens (tertiary/aromatic N) is 2. The fraction of sp³-hybridized carbons (Fsp3) is 0.167. The van der Waals surface area contributed by atoms with Gasteiger partial charge in [-0.2, -0.15) is 5.10 Å². The molecule has 0 saturated carbocycles. The molecule has 0 fully saturated rings. The lowest BCUT2D eigenvalue weighted by Gasteiger charge is -2.18. The Bertz CT molecular complexity index is 790. The van der Waals surface area contributed by atoms with Crippen molar-refractivity contribution in [1.82, 2.24) is 9.78 Å². The first kappa shape index (κ1) is 12.2. The SMILES string of the molecule is COc1ccc2c(c1)CCc1cc(-c3ccccc3)nn1-2. The monoisotopic (exact) mass is 276 g/mol. The van der Waals surface area contributed by atoms with Gasteiger partial charge in [0.2, 0.25) is 0 Å². The van der Waals surface area contributed by atoms with Gasteiger partial charge in [0.1, 0.15) is 5.75 Å². The molecular formula is C18H16N2O. The van der Waals surface area contributed by atoms with Crippen molar-refractivity contribution in [3.05, 3.63) is 65.9 Å². The highest BCUT2D eigenvalue weighted by Gasteiger charge is 2.19. The Balaban J connectivity index is 1.82. The molecule has 0 N–H and O–H groups in total. The van der Waals surface area contributed by atoms with Gasteiger partial charge in [-0.3, -0.25) is 0 Å². The zero-order chi connectivity index (χ0) is 14.2. The van der Waals surface area contributed by atoms with E-state index in [4.69, 9.17) is 9.84 Å². The molecule has 0 unspecified atom stereocenters. The van der Waals surface area contributed by atoms with Crippen molar-refractivity contribution < 1.29 is 4.74 Å². The number of benzene rings is 2. The summed E-state index contributed by atoms with van der Waals surface area (Å²) in [5.41, 5.74) is 5.93. The van der Waals surface area contributed by atoms with Gasteiger partial charge in [-0.25, -0.2) is 4.68 Å². The highest BCUT2D eigenvalue weighted by molar-refractivity contribution is 5.61. The third-order valence-electron chi connectivity index (χ3n) is 4.02. The third-order valence-corrected chi connectivity index (χ3v) is 4.02. The van der Waals surface area contributed by atoms with Gasteiger partial charge in [-0.15, -0.1) is 0 Å². The molecule has 0 aliphatic carbocycles. The van der Waals surface area contributed by atoms with Crippen LogP contribution in [0.15, 0.2) is 54.6 Å². The fourth-order valence-electron chi connectivity index (χ4n) is 2.91. The maximum absolute atomic E-state index is 5.31. The van der Waals surface area contributed by atoms with Crippen molar-refractivity contribution in [1.29, 1.82) is 0 Å². The zero-order valence-corrected chi connectivity index (χ0v) is 11.9. The van der Waals surface area contributed by atoms with Crippen LogP contribution in [-0.4, -0.2) is 16.9 Å². The number of aryl methyl sites for hydroxylation is 2. The summed E-state index contributed by atoms with van der Waals surface area (Å²) in [5, 5.41) is 4.79. The van der Waals surface area contributed by atoms with Gasteiger partial charge in [0, 0.05) is 11.3 Å². The first-order chi connectivity index (χ1) is 10.3. The normalized spacial score (nSPS) is 12.6. The predicted molar refractivity (Wildman–Crippen MR) is 83.0 cm³/mol. The van der Waals surface area contributed by atoms with E-state index in [0.717, 1.165) is 29.8 Å². The quantitative estimate of drug-likeness (QED) is 0.714. The van der Waals surface area contributed by atoms with Crippen LogP contribution in [0, 0.1) is 0 Å². The Morgan fingerprint density at radius 1 is 1.00 bits per heavy atom. The van der Waals surface area contributed by atoms with Crippen LogP contribution in [0.2, 0.25) is 0 Å². The van der Waals surface area contributed by atoms with E-state index in [1.54, 1.807) is 7.11 Å². The van der Waals surface area contributed by atoms with Crippen molar-refractivity contribution in [2.45, 2.75) is 12.8 Å². The van der Waals surface area contributed by atoms with Crippen LogP contribution in [0.1, 0.15) is 11.3 Å². The second kappa shape index (κ2) is 4.77. The Labute approximate surface area is 123 Å². The average Bonchev–Trinajstić information content (AvgIpc) is 2.99. The third kappa shape index (κ3) is 2.02. The fourth-order valence-corrected chi connectivity index (χ4v) is 2.91. The van der Waals surface area contributed by atoms with Gasteiger partial charge in [0.15, 0.2) is 0 Å². The zero-order valence-electron chi connectivity index (χ0n) is 11.9. The van der Waals surface area contributed by atoms with Crippen molar-refractivity contribution in [2.75, 3.05) is 7.11 Å². The molecule has 0 bridgehead atoms. The maximum Gasteiger partial charge on any atom is 0.119 e. The molecule has 1 aromatic heterocycles. The lowest BCUT2D eigenvalue weighted by molar-refractivity contribution is 0.414. The van der Waals surface area contributed by atoms with Crippen LogP contribution >= 0.6 is 0 Å². The van der Waals surface area contributed by atoms with Crippen LogP contribution in [0.25, 0.3) is 16.9 Å².